The predicted molar refractivity (Wildman–Crippen MR) is 107 cm³/mol. The van der Waals surface area contributed by atoms with Crippen molar-refractivity contribution in [1.29, 1.82) is 0 Å². The average molecular weight is 408 g/mol. The predicted octanol–water partition coefficient (Wildman–Crippen LogP) is 2.24. The van der Waals surface area contributed by atoms with Gasteiger partial charge in [-0.3, -0.25) is 19.3 Å². The van der Waals surface area contributed by atoms with Crippen LogP contribution in [0.15, 0.2) is 36.4 Å². The van der Waals surface area contributed by atoms with Crippen LogP contribution in [0.1, 0.15) is 30.6 Å². The lowest BCUT2D eigenvalue weighted by atomic mass is 9.63. The SMILES string of the molecule is CC(C)OC(=O)c1ccc(NC(=O)CN2C(=O)[C@@H]3[C@H]4C=C[C@H]([C@H]5C[C@H]45)[C@@H]3C2=O)cc1. The first-order valence-corrected chi connectivity index (χ1v) is 10.5. The standard InChI is InChI=1S/C23H24N2O5/c1-11(2)30-23(29)12-3-5-13(6-4-12)24-18(26)10-25-21(27)19-14-7-8-15(17-9-16(14)17)20(19)22(25)28/h3-8,11,14-17,19-20H,9-10H2,1-2H3,(H,24,26)/t14-,15+,16-,17-,19+,20-/m1/s1. The Bertz CT molecular complexity index is 930. The highest BCUT2D eigenvalue weighted by atomic mass is 16.5. The maximum atomic E-state index is 12.9. The van der Waals surface area contributed by atoms with Gasteiger partial charge in [0.25, 0.3) is 0 Å². The van der Waals surface area contributed by atoms with E-state index in [1.165, 1.54) is 0 Å². The van der Waals surface area contributed by atoms with Gasteiger partial charge in [0.2, 0.25) is 17.7 Å². The molecule has 3 fully saturated rings. The Morgan fingerprint density at radius 1 is 1.03 bits per heavy atom. The molecule has 0 spiro atoms. The van der Waals surface area contributed by atoms with Crippen LogP contribution in [0, 0.1) is 35.5 Å². The fourth-order valence-electron chi connectivity index (χ4n) is 5.49. The lowest BCUT2D eigenvalue weighted by Gasteiger charge is -2.37. The molecule has 1 aromatic carbocycles. The molecule has 3 amide bonds. The number of nitrogens with zero attached hydrogens (tertiary/aromatic N) is 1. The van der Waals surface area contributed by atoms with E-state index in [1.807, 2.05) is 0 Å². The Hall–Kier alpha value is -2.96. The molecule has 6 atom stereocenters. The second kappa shape index (κ2) is 6.79. The van der Waals surface area contributed by atoms with Gasteiger partial charge in [-0.15, -0.1) is 0 Å². The zero-order chi connectivity index (χ0) is 21.2. The number of allylic oxidation sites excluding steroid dienone is 2. The summed E-state index contributed by atoms with van der Waals surface area (Å²) >= 11 is 0. The Morgan fingerprint density at radius 3 is 2.13 bits per heavy atom. The maximum absolute atomic E-state index is 12.9. The summed E-state index contributed by atoms with van der Waals surface area (Å²) in [5.41, 5.74) is 0.873. The van der Waals surface area contributed by atoms with Crippen molar-refractivity contribution < 1.29 is 23.9 Å². The summed E-state index contributed by atoms with van der Waals surface area (Å²) in [5.74, 6) is -0.516. The Balaban J connectivity index is 1.23. The molecule has 0 aromatic heterocycles. The molecule has 4 aliphatic carbocycles. The van der Waals surface area contributed by atoms with E-state index in [9.17, 15) is 19.2 Å². The maximum Gasteiger partial charge on any atom is 0.338 e. The normalized spacial score (nSPS) is 32.8. The van der Waals surface area contributed by atoms with Crippen LogP contribution in [0.25, 0.3) is 0 Å². The summed E-state index contributed by atoms with van der Waals surface area (Å²) in [4.78, 5) is 51.4. The van der Waals surface area contributed by atoms with E-state index < -0.39 is 11.9 Å². The van der Waals surface area contributed by atoms with Crippen molar-refractivity contribution in [2.45, 2.75) is 26.4 Å². The number of anilines is 1. The van der Waals surface area contributed by atoms with Crippen molar-refractivity contribution in [3.05, 3.63) is 42.0 Å². The number of nitrogens with one attached hydrogen (secondary N) is 1. The lowest BCUT2D eigenvalue weighted by molar-refractivity contribution is -0.142. The van der Waals surface area contributed by atoms with Crippen LogP contribution < -0.4 is 5.32 Å². The summed E-state index contributed by atoms with van der Waals surface area (Å²) in [7, 11) is 0. The van der Waals surface area contributed by atoms with Gasteiger partial charge in [0, 0.05) is 5.69 Å². The molecule has 156 valence electrons. The molecule has 5 aliphatic rings. The van der Waals surface area contributed by atoms with Gasteiger partial charge in [-0.25, -0.2) is 4.79 Å². The Kier molecular flexibility index (Phi) is 4.31. The summed E-state index contributed by atoms with van der Waals surface area (Å²) in [6, 6.07) is 6.33. The topological polar surface area (TPSA) is 92.8 Å². The van der Waals surface area contributed by atoms with Crippen LogP contribution in [-0.4, -0.2) is 41.2 Å². The van der Waals surface area contributed by atoms with Crippen molar-refractivity contribution in [3.63, 3.8) is 0 Å². The number of imide groups is 1. The van der Waals surface area contributed by atoms with Crippen molar-refractivity contribution in [3.8, 4) is 0 Å². The molecule has 1 N–H and O–H groups in total. The fourth-order valence-corrected chi connectivity index (χ4v) is 5.49. The van der Waals surface area contributed by atoms with Crippen molar-refractivity contribution >= 4 is 29.4 Å². The first kappa shape index (κ1) is 19.0. The second-order valence-electron chi connectivity index (χ2n) is 9.00. The highest BCUT2D eigenvalue weighted by Gasteiger charge is 2.67. The summed E-state index contributed by atoms with van der Waals surface area (Å²) < 4.78 is 5.14. The molecule has 1 aliphatic heterocycles. The minimum Gasteiger partial charge on any atom is -0.459 e. The highest BCUT2D eigenvalue weighted by Crippen LogP contribution is 2.65. The molecular formula is C23H24N2O5. The number of hydrogen-bond acceptors (Lipinski definition) is 5. The van der Waals surface area contributed by atoms with Gasteiger partial charge < -0.3 is 10.1 Å². The highest BCUT2D eigenvalue weighted by molar-refractivity contribution is 6.09. The van der Waals surface area contributed by atoms with Crippen molar-refractivity contribution in [1.82, 2.24) is 4.90 Å². The molecule has 0 radical (unpaired) electrons. The van der Waals surface area contributed by atoms with E-state index in [1.54, 1.807) is 38.1 Å². The van der Waals surface area contributed by atoms with Crippen LogP contribution >= 0.6 is 0 Å². The van der Waals surface area contributed by atoms with Crippen LogP contribution in [0.3, 0.4) is 0 Å². The van der Waals surface area contributed by atoms with E-state index in [0.717, 1.165) is 11.3 Å². The van der Waals surface area contributed by atoms with Crippen molar-refractivity contribution in [2.75, 3.05) is 11.9 Å². The van der Waals surface area contributed by atoms with Gasteiger partial charge in [-0.1, -0.05) is 12.2 Å². The summed E-state index contributed by atoms with van der Waals surface area (Å²) in [6.45, 7) is 3.26. The molecule has 1 saturated heterocycles. The molecule has 2 bridgehead atoms. The van der Waals surface area contributed by atoms with Gasteiger partial charge in [-0.05, 0) is 68.2 Å². The van der Waals surface area contributed by atoms with Gasteiger partial charge in [0.1, 0.15) is 6.54 Å². The quantitative estimate of drug-likeness (QED) is 0.458. The van der Waals surface area contributed by atoms with E-state index in [-0.39, 0.29) is 48.1 Å². The molecule has 30 heavy (non-hydrogen) atoms. The number of carbonyl (C=O) groups excluding carboxylic acids is 4. The van der Waals surface area contributed by atoms with Crippen LogP contribution in [0.4, 0.5) is 5.69 Å². The van der Waals surface area contributed by atoms with E-state index in [4.69, 9.17) is 4.74 Å². The third-order valence-electron chi connectivity index (χ3n) is 6.80. The van der Waals surface area contributed by atoms with Crippen LogP contribution in [-0.2, 0) is 19.1 Å². The molecule has 0 unspecified atom stereocenters. The number of rotatable bonds is 5. The van der Waals surface area contributed by atoms with Gasteiger partial charge in [-0.2, -0.15) is 0 Å². The minimum atomic E-state index is -0.432. The zero-order valence-electron chi connectivity index (χ0n) is 16.9. The molecule has 1 aromatic rings. The van der Waals surface area contributed by atoms with E-state index in [2.05, 4.69) is 17.5 Å². The lowest BCUT2D eigenvalue weighted by Crippen LogP contribution is -2.40. The largest absolute Gasteiger partial charge is 0.459 e. The molecule has 7 nitrogen and oxygen atoms in total. The summed E-state index contributed by atoms with van der Waals surface area (Å²) in [6.07, 6.45) is 5.12. The number of esters is 1. The number of carbonyl (C=O) groups is 4. The number of ether oxygens (including phenoxy) is 1. The number of likely N-dealkylation sites (tertiary alicyclic amines) is 1. The van der Waals surface area contributed by atoms with Gasteiger partial charge >= 0.3 is 5.97 Å². The third kappa shape index (κ3) is 2.95. The Morgan fingerprint density at radius 2 is 1.60 bits per heavy atom. The fraction of sp³-hybridized carbons (Fsp3) is 0.478. The molecule has 2 saturated carbocycles. The smallest absolute Gasteiger partial charge is 0.338 e. The van der Waals surface area contributed by atoms with Crippen LogP contribution in [0.2, 0.25) is 0 Å². The number of amides is 3. The number of hydrogen-bond donors (Lipinski definition) is 1. The first-order chi connectivity index (χ1) is 14.3. The van der Waals surface area contributed by atoms with E-state index in [0.29, 0.717) is 23.1 Å². The number of benzene rings is 1. The molecule has 1 heterocycles. The van der Waals surface area contributed by atoms with Crippen LogP contribution in [0.5, 0.6) is 0 Å². The average Bonchev–Trinajstić information content (AvgIpc) is 3.49. The van der Waals surface area contributed by atoms with Gasteiger partial charge in [0.15, 0.2) is 0 Å². The Labute approximate surface area is 174 Å². The minimum absolute atomic E-state index is 0.146. The second-order valence-corrected chi connectivity index (χ2v) is 9.00. The van der Waals surface area contributed by atoms with Gasteiger partial charge in [0.05, 0.1) is 23.5 Å². The van der Waals surface area contributed by atoms with Crippen molar-refractivity contribution in [2.24, 2.45) is 35.5 Å². The molecule has 7 heteroatoms. The summed E-state index contributed by atoms with van der Waals surface area (Å²) in [5, 5.41) is 2.70. The zero-order valence-corrected chi connectivity index (χ0v) is 16.9. The third-order valence-corrected chi connectivity index (χ3v) is 6.80. The molecule has 6 rings (SSSR count). The first-order valence-electron chi connectivity index (χ1n) is 10.5. The monoisotopic (exact) mass is 408 g/mol. The van der Waals surface area contributed by atoms with E-state index >= 15 is 0 Å². The molecular weight excluding hydrogens is 384 g/mol.